The first-order valence-corrected chi connectivity index (χ1v) is 13.8. The van der Waals surface area contributed by atoms with Gasteiger partial charge in [0.05, 0.1) is 24.3 Å². The summed E-state index contributed by atoms with van der Waals surface area (Å²) in [6, 6.07) is 12.6. The molecule has 43 heavy (non-hydrogen) atoms. The van der Waals surface area contributed by atoms with E-state index in [2.05, 4.69) is 14.9 Å². The van der Waals surface area contributed by atoms with Crippen molar-refractivity contribution in [1.82, 2.24) is 24.0 Å². The van der Waals surface area contributed by atoms with Crippen LogP contribution in [0.3, 0.4) is 0 Å². The Kier molecular flexibility index (Phi) is 8.74. The van der Waals surface area contributed by atoms with Crippen LogP contribution in [-0.4, -0.2) is 50.2 Å². The number of halogens is 4. The van der Waals surface area contributed by atoms with E-state index in [9.17, 15) is 27.2 Å². The van der Waals surface area contributed by atoms with Gasteiger partial charge in [-0.25, -0.2) is 19.2 Å². The number of nitrogens with two attached hydrogens (primary N) is 1. The first-order chi connectivity index (χ1) is 20.5. The number of alkyl halides is 3. The summed E-state index contributed by atoms with van der Waals surface area (Å²) < 4.78 is 58.4. The third-order valence-electron chi connectivity index (χ3n) is 7.72. The van der Waals surface area contributed by atoms with Crippen molar-refractivity contribution in [2.75, 3.05) is 31.1 Å². The highest BCUT2D eigenvalue weighted by Gasteiger charge is 2.35. The van der Waals surface area contributed by atoms with Crippen molar-refractivity contribution in [3.63, 3.8) is 0 Å². The number of hydrogen-bond acceptors (Lipinski definition) is 7. The normalized spacial score (nSPS) is 15.1. The first-order valence-electron chi connectivity index (χ1n) is 13.8. The standard InChI is InChI=1S/C30H31F4N7O2/c1-20-27(39-14-12-38(13-15-39)16-22-10-11-36-19-37-22)28(42)41(18-26(35)21-6-3-2-4-7-21)29(43)40(20)17-23-24(30(32,33)34)8-5-9-25(23)31/h2-11,19,26H,12-18,35H2,1H3. The maximum atomic E-state index is 14.9. The molecule has 0 amide bonds. The number of nitrogens with zero attached hydrogens (tertiary/aromatic N) is 6. The Morgan fingerprint density at radius 3 is 2.30 bits per heavy atom. The largest absolute Gasteiger partial charge is 0.416 e. The van der Waals surface area contributed by atoms with Gasteiger partial charge >= 0.3 is 11.9 Å². The summed E-state index contributed by atoms with van der Waals surface area (Å²) in [7, 11) is 0. The van der Waals surface area contributed by atoms with E-state index in [1.807, 2.05) is 11.0 Å². The molecule has 4 aromatic rings. The molecule has 0 spiro atoms. The van der Waals surface area contributed by atoms with Gasteiger partial charge in [0.25, 0.3) is 5.56 Å². The molecule has 226 valence electrons. The van der Waals surface area contributed by atoms with Crippen LogP contribution in [0, 0.1) is 12.7 Å². The molecule has 0 aliphatic carbocycles. The van der Waals surface area contributed by atoms with E-state index >= 15 is 0 Å². The molecule has 0 radical (unpaired) electrons. The summed E-state index contributed by atoms with van der Waals surface area (Å²) in [6.45, 7) is 3.11. The van der Waals surface area contributed by atoms with Crippen LogP contribution in [0.15, 0.2) is 76.7 Å². The highest BCUT2D eigenvalue weighted by atomic mass is 19.4. The maximum Gasteiger partial charge on any atom is 0.416 e. The molecule has 5 rings (SSSR count). The molecule has 1 aliphatic heterocycles. The molecular formula is C30H31F4N7O2. The average molecular weight is 598 g/mol. The number of piperazine rings is 1. The predicted octanol–water partition coefficient (Wildman–Crippen LogP) is 3.34. The molecule has 0 saturated carbocycles. The number of aromatic nitrogens is 4. The Hall–Kier alpha value is -4.36. The number of hydrogen-bond donors (Lipinski definition) is 1. The first kappa shape index (κ1) is 30.1. The van der Waals surface area contributed by atoms with E-state index in [-0.39, 0.29) is 17.9 Å². The third-order valence-corrected chi connectivity index (χ3v) is 7.72. The van der Waals surface area contributed by atoms with Gasteiger partial charge in [-0.2, -0.15) is 13.2 Å². The van der Waals surface area contributed by atoms with Crippen molar-refractivity contribution >= 4 is 5.69 Å². The van der Waals surface area contributed by atoms with Crippen LogP contribution in [0.25, 0.3) is 0 Å². The van der Waals surface area contributed by atoms with E-state index in [0.717, 1.165) is 33.0 Å². The summed E-state index contributed by atoms with van der Waals surface area (Å²) in [5, 5.41) is 0. The van der Waals surface area contributed by atoms with Crippen molar-refractivity contribution in [2.45, 2.75) is 38.8 Å². The smallest absolute Gasteiger partial charge is 0.363 e. The molecule has 0 bridgehead atoms. The van der Waals surface area contributed by atoms with Crippen molar-refractivity contribution in [3.05, 3.63) is 122 Å². The van der Waals surface area contributed by atoms with Gasteiger partial charge in [-0.1, -0.05) is 36.4 Å². The Bertz CT molecular complexity index is 1680. The van der Waals surface area contributed by atoms with Crippen molar-refractivity contribution in [1.29, 1.82) is 0 Å². The van der Waals surface area contributed by atoms with E-state index in [1.54, 1.807) is 36.5 Å². The molecule has 1 atom stereocenters. The predicted molar refractivity (Wildman–Crippen MR) is 153 cm³/mol. The van der Waals surface area contributed by atoms with Gasteiger partial charge in [0.2, 0.25) is 0 Å². The second-order valence-electron chi connectivity index (χ2n) is 10.5. The van der Waals surface area contributed by atoms with Gasteiger partial charge in [0.15, 0.2) is 0 Å². The highest BCUT2D eigenvalue weighted by Crippen LogP contribution is 2.33. The molecule has 9 nitrogen and oxygen atoms in total. The van der Waals surface area contributed by atoms with Crippen LogP contribution in [-0.2, 0) is 25.8 Å². The molecule has 1 saturated heterocycles. The van der Waals surface area contributed by atoms with E-state index in [1.165, 1.54) is 13.3 Å². The summed E-state index contributed by atoms with van der Waals surface area (Å²) >= 11 is 0. The van der Waals surface area contributed by atoms with Crippen LogP contribution in [0.2, 0.25) is 0 Å². The van der Waals surface area contributed by atoms with Crippen LogP contribution in [0.1, 0.15) is 34.1 Å². The van der Waals surface area contributed by atoms with Gasteiger partial charge in [-0.05, 0) is 30.7 Å². The average Bonchev–Trinajstić information content (AvgIpc) is 2.99. The third kappa shape index (κ3) is 6.52. The Labute approximate surface area is 244 Å². The van der Waals surface area contributed by atoms with Crippen molar-refractivity contribution < 1.29 is 17.6 Å². The summed E-state index contributed by atoms with van der Waals surface area (Å²) in [4.78, 5) is 39.8. The zero-order valence-electron chi connectivity index (χ0n) is 23.5. The minimum Gasteiger partial charge on any atom is -0.363 e. The van der Waals surface area contributed by atoms with Gasteiger partial charge in [0.1, 0.15) is 17.8 Å². The van der Waals surface area contributed by atoms with E-state index in [4.69, 9.17) is 5.73 Å². The number of rotatable bonds is 8. The zero-order valence-corrected chi connectivity index (χ0v) is 23.5. The fraction of sp³-hybridized carbons (Fsp3) is 0.333. The lowest BCUT2D eigenvalue weighted by atomic mass is 10.1. The molecule has 1 unspecified atom stereocenters. The Morgan fingerprint density at radius 1 is 0.930 bits per heavy atom. The monoisotopic (exact) mass is 597 g/mol. The fourth-order valence-corrected chi connectivity index (χ4v) is 5.41. The van der Waals surface area contributed by atoms with Crippen LogP contribution in [0.4, 0.5) is 23.2 Å². The molecule has 2 aromatic carbocycles. The van der Waals surface area contributed by atoms with Crippen LogP contribution in [0.5, 0.6) is 0 Å². The summed E-state index contributed by atoms with van der Waals surface area (Å²) in [5.41, 5.74) is 4.90. The lowest BCUT2D eigenvalue weighted by Gasteiger charge is -2.36. The second kappa shape index (κ2) is 12.5. The highest BCUT2D eigenvalue weighted by molar-refractivity contribution is 5.50. The summed E-state index contributed by atoms with van der Waals surface area (Å²) in [5.74, 6) is -1.10. The zero-order chi connectivity index (χ0) is 30.7. The minimum atomic E-state index is -4.85. The second-order valence-corrected chi connectivity index (χ2v) is 10.5. The van der Waals surface area contributed by atoms with E-state index in [0.29, 0.717) is 38.3 Å². The topological polar surface area (TPSA) is 102 Å². The number of anilines is 1. The van der Waals surface area contributed by atoms with Gasteiger partial charge < -0.3 is 10.6 Å². The van der Waals surface area contributed by atoms with Gasteiger partial charge in [0, 0.05) is 56.2 Å². The minimum absolute atomic E-state index is 0.153. The molecule has 2 aromatic heterocycles. The molecule has 2 N–H and O–H groups in total. The SMILES string of the molecule is Cc1c(N2CCN(Cc3ccncn3)CC2)c(=O)n(CC(N)c2ccccc2)c(=O)n1Cc1c(F)cccc1C(F)(F)F. The van der Waals surface area contributed by atoms with Crippen molar-refractivity contribution in [2.24, 2.45) is 5.73 Å². The molecular weight excluding hydrogens is 566 g/mol. The quantitative estimate of drug-likeness (QED) is 0.311. The van der Waals surface area contributed by atoms with E-state index < -0.39 is 47.0 Å². The van der Waals surface area contributed by atoms with Crippen molar-refractivity contribution in [3.8, 4) is 0 Å². The summed E-state index contributed by atoms with van der Waals surface area (Å²) in [6.07, 6.45) is -1.71. The molecule has 3 heterocycles. The fourth-order valence-electron chi connectivity index (χ4n) is 5.41. The maximum absolute atomic E-state index is 14.9. The van der Waals surface area contributed by atoms with Gasteiger partial charge in [-0.15, -0.1) is 0 Å². The Morgan fingerprint density at radius 2 is 1.65 bits per heavy atom. The lowest BCUT2D eigenvalue weighted by molar-refractivity contribution is -0.138. The molecule has 13 heteroatoms. The molecule has 1 fully saturated rings. The van der Waals surface area contributed by atoms with Crippen LogP contribution >= 0.6 is 0 Å². The van der Waals surface area contributed by atoms with Gasteiger partial charge in [-0.3, -0.25) is 18.8 Å². The Balaban J connectivity index is 1.55. The number of benzene rings is 2. The lowest BCUT2D eigenvalue weighted by Crippen LogP contribution is -2.51. The van der Waals surface area contributed by atoms with Crippen LogP contribution < -0.4 is 21.9 Å². The molecule has 1 aliphatic rings.